The zero-order valence-electron chi connectivity index (χ0n) is 12.8. The van der Waals surface area contributed by atoms with Crippen molar-refractivity contribution in [2.24, 2.45) is 0 Å². The molecule has 0 fully saturated rings. The van der Waals surface area contributed by atoms with Crippen molar-refractivity contribution in [1.29, 1.82) is 0 Å². The third-order valence-electron chi connectivity index (χ3n) is 2.71. The summed E-state index contributed by atoms with van der Waals surface area (Å²) >= 11 is 0. The zero-order valence-corrected chi connectivity index (χ0v) is 16.0. The summed E-state index contributed by atoms with van der Waals surface area (Å²) in [7, 11) is 0.750. The predicted molar refractivity (Wildman–Crippen MR) is 84.6 cm³/mol. The van der Waals surface area contributed by atoms with E-state index in [9.17, 15) is 43.2 Å². The summed E-state index contributed by atoms with van der Waals surface area (Å²) in [6.07, 6.45) is -6.72. The van der Waals surface area contributed by atoms with Crippen LogP contribution in [0, 0.1) is 0 Å². The Morgan fingerprint density at radius 2 is 0.964 bits per heavy atom. The lowest BCUT2D eigenvalue weighted by Gasteiger charge is -2.08. The second-order valence-electron chi connectivity index (χ2n) is 4.61. The van der Waals surface area contributed by atoms with Gasteiger partial charge in [0, 0.05) is 46.2 Å². The molecule has 2 rings (SSSR count). The van der Waals surface area contributed by atoms with Crippen molar-refractivity contribution >= 4 is 39.5 Å². The highest BCUT2D eigenvalue weighted by atomic mass is 35.7. The van der Waals surface area contributed by atoms with E-state index in [1.807, 2.05) is 0 Å². The van der Waals surface area contributed by atoms with Crippen molar-refractivity contribution in [2.75, 3.05) is 0 Å². The Balaban J connectivity index is 0.000000280. The van der Waals surface area contributed by atoms with Crippen LogP contribution in [0.25, 0.3) is 0 Å². The van der Waals surface area contributed by atoms with Gasteiger partial charge < -0.3 is 0 Å². The first-order chi connectivity index (χ1) is 12.5. The molecule has 0 spiro atoms. The molecule has 0 saturated heterocycles. The van der Waals surface area contributed by atoms with Gasteiger partial charge in [-0.1, -0.05) is 0 Å². The maximum atomic E-state index is 12.2. The molecular weight excluding hydrogens is 485 g/mol. The largest absolute Gasteiger partial charge is 0.417 e. The zero-order chi connectivity index (χ0) is 22.0. The summed E-state index contributed by atoms with van der Waals surface area (Å²) in [5, 5.41) is 0. The monoisotopic (exact) mass is 490 g/mol. The van der Waals surface area contributed by atoms with Crippen molar-refractivity contribution in [1.82, 2.24) is 9.97 Å². The molecule has 0 radical (unpaired) electrons. The van der Waals surface area contributed by atoms with Crippen molar-refractivity contribution in [3.05, 3.63) is 48.0 Å². The van der Waals surface area contributed by atoms with Crippen molar-refractivity contribution < 1.29 is 43.2 Å². The van der Waals surface area contributed by atoms with E-state index in [2.05, 4.69) is 9.97 Å². The fourth-order valence-electron chi connectivity index (χ4n) is 1.62. The van der Waals surface area contributed by atoms with Gasteiger partial charge in [-0.2, -0.15) is 26.3 Å². The highest BCUT2D eigenvalue weighted by Gasteiger charge is 2.37. The van der Waals surface area contributed by atoms with Crippen molar-refractivity contribution in [3.63, 3.8) is 0 Å². The average molecular weight is 491 g/mol. The second kappa shape index (κ2) is 8.39. The molecule has 0 bridgehead atoms. The van der Waals surface area contributed by atoms with Gasteiger partial charge in [0.25, 0.3) is 18.1 Å². The molecule has 0 amide bonds. The number of pyridine rings is 2. The number of nitrogens with zero attached hydrogens (tertiary/aromatic N) is 2. The van der Waals surface area contributed by atoms with E-state index in [4.69, 9.17) is 21.4 Å². The molecule has 0 aliphatic rings. The maximum Gasteiger partial charge on any atom is 0.417 e. The van der Waals surface area contributed by atoms with E-state index in [0.29, 0.717) is 24.5 Å². The van der Waals surface area contributed by atoms with Gasteiger partial charge in [0.2, 0.25) is 0 Å². The molecule has 28 heavy (non-hydrogen) atoms. The Morgan fingerprint density at radius 1 is 0.679 bits per heavy atom. The van der Waals surface area contributed by atoms with Gasteiger partial charge >= 0.3 is 12.4 Å². The van der Waals surface area contributed by atoms with Gasteiger partial charge in [-0.25, -0.2) is 16.8 Å². The standard InChI is InChI=1S/2C6H3ClF3NO2S/c2*7-14(12,13)5-3-11-2-1-4(5)6(8,9)10/h2*1-3H. The number of hydrogen-bond donors (Lipinski definition) is 0. The topological polar surface area (TPSA) is 94.1 Å². The number of hydrogen-bond acceptors (Lipinski definition) is 6. The molecule has 156 valence electrons. The van der Waals surface area contributed by atoms with Crippen LogP contribution in [0.15, 0.2) is 46.7 Å². The normalized spacial score (nSPS) is 12.9. The number of aromatic nitrogens is 2. The quantitative estimate of drug-likeness (QED) is 0.465. The van der Waals surface area contributed by atoms with E-state index in [-0.39, 0.29) is 0 Å². The highest BCUT2D eigenvalue weighted by Crippen LogP contribution is 2.35. The molecule has 0 N–H and O–H groups in total. The first kappa shape index (κ1) is 24.4. The summed E-state index contributed by atoms with van der Waals surface area (Å²) in [6, 6.07) is 1.10. The SMILES string of the molecule is O=S(=O)(Cl)c1cnccc1C(F)(F)F.O=S(=O)(Cl)c1cnccc1C(F)(F)F. The van der Waals surface area contributed by atoms with Gasteiger partial charge in [0.1, 0.15) is 9.79 Å². The molecule has 0 aliphatic carbocycles. The van der Waals surface area contributed by atoms with Crippen LogP contribution < -0.4 is 0 Å². The molecule has 0 unspecified atom stereocenters. The Bertz CT molecular complexity index is 971. The predicted octanol–water partition coefficient (Wildman–Crippen LogP) is 4.06. The van der Waals surface area contributed by atoms with E-state index < -0.39 is 51.4 Å². The minimum Gasteiger partial charge on any atom is -0.263 e. The fourth-order valence-corrected chi connectivity index (χ4v) is 3.62. The van der Waals surface area contributed by atoms with Gasteiger partial charge in [0.05, 0.1) is 11.1 Å². The summed E-state index contributed by atoms with van der Waals surface area (Å²) in [5.41, 5.74) is -2.63. The van der Waals surface area contributed by atoms with Crippen LogP contribution in [0.3, 0.4) is 0 Å². The Labute approximate surface area is 163 Å². The third-order valence-corrected chi connectivity index (χ3v) is 5.40. The van der Waals surface area contributed by atoms with E-state index in [0.717, 1.165) is 12.4 Å². The second-order valence-corrected chi connectivity index (χ2v) is 9.68. The lowest BCUT2D eigenvalue weighted by molar-refractivity contribution is -0.140. The molecule has 0 atom stereocenters. The fraction of sp³-hybridized carbons (Fsp3) is 0.167. The van der Waals surface area contributed by atoms with E-state index >= 15 is 0 Å². The maximum absolute atomic E-state index is 12.2. The Hall–Kier alpha value is -1.64. The Kier molecular flexibility index (Phi) is 7.31. The summed E-state index contributed by atoms with van der Waals surface area (Å²) in [5.74, 6) is 0. The molecule has 0 saturated carbocycles. The number of rotatable bonds is 2. The summed E-state index contributed by atoms with van der Waals surface area (Å²) < 4.78 is 116. The first-order valence-electron chi connectivity index (χ1n) is 6.37. The smallest absolute Gasteiger partial charge is 0.263 e. The van der Waals surface area contributed by atoms with Crippen LogP contribution in [0.4, 0.5) is 26.3 Å². The van der Waals surface area contributed by atoms with E-state index in [1.165, 1.54) is 0 Å². The first-order valence-corrected chi connectivity index (χ1v) is 11.0. The summed E-state index contributed by atoms with van der Waals surface area (Å²) in [6.45, 7) is 0. The Morgan fingerprint density at radius 3 is 1.14 bits per heavy atom. The van der Waals surface area contributed by atoms with Gasteiger partial charge in [-0.3, -0.25) is 9.97 Å². The third kappa shape index (κ3) is 6.76. The molecule has 16 heteroatoms. The van der Waals surface area contributed by atoms with Crippen molar-refractivity contribution in [3.8, 4) is 0 Å². The summed E-state index contributed by atoms with van der Waals surface area (Å²) in [4.78, 5) is 4.46. The van der Waals surface area contributed by atoms with Crippen molar-refractivity contribution in [2.45, 2.75) is 22.1 Å². The minimum absolute atomic E-state index is 0.551. The highest BCUT2D eigenvalue weighted by molar-refractivity contribution is 8.14. The van der Waals surface area contributed by atoms with Crippen LogP contribution >= 0.6 is 21.4 Å². The lowest BCUT2D eigenvalue weighted by Crippen LogP contribution is -2.10. The molecule has 6 nitrogen and oxygen atoms in total. The van der Waals surface area contributed by atoms with Crippen LogP contribution in [0.1, 0.15) is 11.1 Å². The molecular formula is C12H6Cl2F6N2O4S2. The molecule has 2 aromatic rings. The molecule has 2 heterocycles. The number of halogens is 8. The molecule has 0 aromatic carbocycles. The van der Waals surface area contributed by atoms with E-state index in [1.54, 1.807) is 0 Å². The van der Waals surface area contributed by atoms with Crippen LogP contribution in [0.5, 0.6) is 0 Å². The van der Waals surface area contributed by atoms with Crippen LogP contribution in [-0.2, 0) is 30.5 Å². The molecule has 2 aromatic heterocycles. The van der Waals surface area contributed by atoms with Gasteiger partial charge in [-0.05, 0) is 12.1 Å². The van der Waals surface area contributed by atoms with Crippen LogP contribution in [-0.4, -0.2) is 26.8 Å². The lowest BCUT2D eigenvalue weighted by atomic mass is 10.3. The number of alkyl halides is 6. The average Bonchev–Trinajstić information content (AvgIpc) is 2.52. The minimum atomic E-state index is -4.76. The molecule has 0 aliphatic heterocycles. The van der Waals surface area contributed by atoms with Gasteiger partial charge in [0.15, 0.2) is 0 Å². The van der Waals surface area contributed by atoms with Crippen LogP contribution in [0.2, 0.25) is 0 Å². The van der Waals surface area contributed by atoms with Gasteiger partial charge in [-0.15, -0.1) is 0 Å².